The Balaban J connectivity index is 1.82. The number of anilines is 1. The van der Waals surface area contributed by atoms with Crippen molar-refractivity contribution < 1.29 is 4.79 Å². The molecule has 4 nitrogen and oxygen atoms in total. The highest BCUT2D eigenvalue weighted by molar-refractivity contribution is 7.14. The topological polar surface area (TPSA) is 57.8 Å². The Morgan fingerprint density at radius 3 is 2.86 bits per heavy atom. The summed E-state index contributed by atoms with van der Waals surface area (Å²) < 4.78 is 0. The highest BCUT2D eigenvalue weighted by Gasteiger charge is 2.12. The molecule has 0 bridgehead atoms. The van der Waals surface area contributed by atoms with Crippen LogP contribution in [0.5, 0.6) is 0 Å². The third kappa shape index (κ3) is 2.83. The Morgan fingerprint density at radius 2 is 2.14 bits per heavy atom. The molecular weight excluding hydrogens is 282 g/mol. The summed E-state index contributed by atoms with van der Waals surface area (Å²) in [5.41, 5.74) is 3.70. The molecule has 2 heterocycles. The molecule has 3 rings (SSSR count). The van der Waals surface area contributed by atoms with E-state index in [1.807, 2.05) is 30.5 Å². The summed E-state index contributed by atoms with van der Waals surface area (Å²) in [6.07, 6.45) is 0. The van der Waals surface area contributed by atoms with E-state index in [1.54, 1.807) is 0 Å². The number of nitrogens with zero attached hydrogens (tertiary/aromatic N) is 1. The zero-order valence-electron chi connectivity index (χ0n) is 12.2. The molecule has 2 aromatic heterocycles. The maximum absolute atomic E-state index is 12.3. The third-order valence-electron chi connectivity index (χ3n) is 3.35. The lowest BCUT2D eigenvalue weighted by Gasteiger charge is -1.99. The largest absolute Gasteiger partial charge is 0.351 e. The molecule has 108 valence electrons. The zero-order valence-corrected chi connectivity index (χ0v) is 13.0. The van der Waals surface area contributed by atoms with E-state index >= 15 is 0 Å². The van der Waals surface area contributed by atoms with Crippen LogP contribution in [0.4, 0.5) is 5.13 Å². The van der Waals surface area contributed by atoms with Gasteiger partial charge in [-0.15, -0.1) is 11.3 Å². The molecule has 0 radical (unpaired) electrons. The number of aromatic nitrogens is 2. The first-order chi connectivity index (χ1) is 10.0. The van der Waals surface area contributed by atoms with Crippen molar-refractivity contribution >= 4 is 33.3 Å². The van der Waals surface area contributed by atoms with Crippen molar-refractivity contribution in [3.63, 3.8) is 0 Å². The van der Waals surface area contributed by atoms with Crippen molar-refractivity contribution in [3.05, 3.63) is 46.6 Å². The molecule has 0 saturated carbocycles. The van der Waals surface area contributed by atoms with E-state index in [-0.39, 0.29) is 5.91 Å². The van der Waals surface area contributed by atoms with Crippen LogP contribution in [0.15, 0.2) is 29.6 Å². The molecule has 1 amide bonds. The smallest absolute Gasteiger partial charge is 0.273 e. The van der Waals surface area contributed by atoms with Crippen LogP contribution < -0.4 is 5.32 Å². The van der Waals surface area contributed by atoms with Crippen molar-refractivity contribution in [1.82, 2.24) is 9.97 Å². The number of aromatic amines is 1. The molecule has 0 atom stereocenters. The van der Waals surface area contributed by atoms with Crippen molar-refractivity contribution in [2.24, 2.45) is 0 Å². The van der Waals surface area contributed by atoms with Gasteiger partial charge in [0.2, 0.25) is 0 Å². The summed E-state index contributed by atoms with van der Waals surface area (Å²) >= 11 is 1.45. The lowest BCUT2D eigenvalue weighted by Crippen LogP contribution is -2.12. The van der Waals surface area contributed by atoms with Crippen LogP contribution in [0.25, 0.3) is 10.9 Å². The van der Waals surface area contributed by atoms with E-state index in [0.29, 0.717) is 16.7 Å². The van der Waals surface area contributed by atoms with Crippen LogP contribution in [0.3, 0.4) is 0 Å². The average molecular weight is 299 g/mol. The Labute approximate surface area is 127 Å². The van der Waals surface area contributed by atoms with Gasteiger partial charge in [-0.25, -0.2) is 4.98 Å². The maximum Gasteiger partial charge on any atom is 0.273 e. The molecule has 0 fully saturated rings. The first-order valence-electron chi connectivity index (χ1n) is 6.89. The Morgan fingerprint density at radius 1 is 1.33 bits per heavy atom. The number of hydrogen-bond acceptors (Lipinski definition) is 3. The number of H-pyrrole nitrogens is 1. The molecule has 0 aliphatic rings. The fourth-order valence-corrected chi connectivity index (χ4v) is 3.01. The van der Waals surface area contributed by atoms with E-state index in [9.17, 15) is 4.79 Å². The summed E-state index contributed by atoms with van der Waals surface area (Å²) in [7, 11) is 0. The number of aryl methyl sites for hydroxylation is 1. The first kappa shape index (κ1) is 13.8. The molecule has 21 heavy (non-hydrogen) atoms. The van der Waals surface area contributed by atoms with Gasteiger partial charge in [-0.2, -0.15) is 0 Å². The van der Waals surface area contributed by atoms with Crippen molar-refractivity contribution in [2.45, 2.75) is 26.7 Å². The second kappa shape index (κ2) is 5.33. The highest BCUT2D eigenvalue weighted by atomic mass is 32.1. The molecule has 5 heteroatoms. The van der Waals surface area contributed by atoms with Gasteiger partial charge in [0.1, 0.15) is 5.69 Å². The number of carbonyl (C=O) groups excluding carboxylic acids is 1. The molecule has 0 aliphatic heterocycles. The SMILES string of the molecule is Cc1ccc2[nH]c(C(=O)Nc3nc(C(C)C)cs3)cc2c1. The quantitative estimate of drug-likeness (QED) is 0.757. The van der Waals surface area contributed by atoms with Gasteiger partial charge in [0, 0.05) is 16.3 Å². The maximum atomic E-state index is 12.3. The van der Waals surface area contributed by atoms with Crippen LogP contribution in [-0.2, 0) is 0 Å². The molecule has 0 spiro atoms. The Bertz CT molecular complexity index is 801. The fraction of sp³-hybridized carbons (Fsp3) is 0.250. The van der Waals surface area contributed by atoms with Crippen molar-refractivity contribution in [1.29, 1.82) is 0 Å². The number of hydrogen-bond donors (Lipinski definition) is 2. The standard InChI is InChI=1S/C16H17N3OS/c1-9(2)14-8-21-16(18-14)19-15(20)13-7-11-6-10(3)4-5-12(11)17-13/h4-9,17H,1-3H3,(H,18,19,20). The number of nitrogens with one attached hydrogen (secondary N) is 2. The second-order valence-corrected chi connectivity index (χ2v) is 6.32. The van der Waals surface area contributed by atoms with Crippen LogP contribution in [0.2, 0.25) is 0 Å². The van der Waals surface area contributed by atoms with Gasteiger partial charge >= 0.3 is 0 Å². The molecule has 1 aromatic carbocycles. The lowest BCUT2D eigenvalue weighted by atomic mass is 10.2. The van der Waals surface area contributed by atoms with Crippen LogP contribution in [-0.4, -0.2) is 15.9 Å². The van der Waals surface area contributed by atoms with Gasteiger partial charge in [0.15, 0.2) is 5.13 Å². The number of benzene rings is 1. The predicted molar refractivity (Wildman–Crippen MR) is 87.2 cm³/mol. The monoisotopic (exact) mass is 299 g/mol. The molecule has 0 aliphatic carbocycles. The van der Waals surface area contributed by atoms with Gasteiger partial charge in [-0.1, -0.05) is 25.5 Å². The molecule has 0 saturated heterocycles. The average Bonchev–Trinajstić information content (AvgIpc) is 3.04. The van der Waals surface area contributed by atoms with Gasteiger partial charge in [-0.05, 0) is 31.0 Å². The van der Waals surface area contributed by atoms with Crippen LogP contribution in [0, 0.1) is 6.92 Å². The minimum atomic E-state index is -0.159. The third-order valence-corrected chi connectivity index (χ3v) is 4.13. The number of rotatable bonds is 3. The lowest BCUT2D eigenvalue weighted by molar-refractivity contribution is 0.102. The highest BCUT2D eigenvalue weighted by Crippen LogP contribution is 2.23. The number of thiazole rings is 1. The van der Waals surface area contributed by atoms with Crippen molar-refractivity contribution in [3.8, 4) is 0 Å². The molecule has 2 N–H and O–H groups in total. The minimum Gasteiger partial charge on any atom is -0.351 e. The fourth-order valence-electron chi connectivity index (χ4n) is 2.15. The first-order valence-corrected chi connectivity index (χ1v) is 7.77. The summed E-state index contributed by atoms with van der Waals surface area (Å²) in [5.74, 6) is 0.205. The zero-order chi connectivity index (χ0) is 15.0. The summed E-state index contributed by atoms with van der Waals surface area (Å²) in [6, 6.07) is 7.94. The predicted octanol–water partition coefficient (Wildman–Crippen LogP) is 4.31. The number of fused-ring (bicyclic) bond motifs is 1. The molecule has 0 unspecified atom stereocenters. The van der Waals surface area contributed by atoms with Crippen LogP contribution >= 0.6 is 11.3 Å². The van der Waals surface area contributed by atoms with Gasteiger partial charge in [0.25, 0.3) is 5.91 Å². The number of amides is 1. The van der Waals surface area contributed by atoms with Gasteiger partial charge in [0.05, 0.1) is 5.69 Å². The second-order valence-electron chi connectivity index (χ2n) is 5.46. The minimum absolute atomic E-state index is 0.159. The van der Waals surface area contributed by atoms with Gasteiger partial charge in [-0.3, -0.25) is 10.1 Å². The summed E-state index contributed by atoms with van der Waals surface area (Å²) in [5, 5.41) is 6.51. The van der Waals surface area contributed by atoms with Crippen LogP contribution in [0.1, 0.15) is 41.5 Å². The molecular formula is C16H17N3OS. The Hall–Kier alpha value is -2.14. The van der Waals surface area contributed by atoms with Crippen molar-refractivity contribution in [2.75, 3.05) is 5.32 Å². The number of carbonyl (C=O) groups is 1. The van der Waals surface area contributed by atoms with E-state index in [1.165, 1.54) is 16.9 Å². The van der Waals surface area contributed by atoms with E-state index < -0.39 is 0 Å². The molecule has 3 aromatic rings. The van der Waals surface area contributed by atoms with E-state index in [4.69, 9.17) is 0 Å². The van der Waals surface area contributed by atoms with E-state index in [2.05, 4.69) is 35.2 Å². The van der Waals surface area contributed by atoms with Gasteiger partial charge < -0.3 is 4.98 Å². The normalized spacial score (nSPS) is 11.2. The summed E-state index contributed by atoms with van der Waals surface area (Å²) in [4.78, 5) is 19.8. The Kier molecular flexibility index (Phi) is 3.51. The van der Waals surface area contributed by atoms with E-state index in [0.717, 1.165) is 16.6 Å². The summed E-state index contributed by atoms with van der Waals surface area (Å²) in [6.45, 7) is 6.20.